The molecule has 1 atom stereocenters. The Balaban J connectivity index is 1.54. The zero-order valence-electron chi connectivity index (χ0n) is 14.8. The molecule has 0 unspecified atom stereocenters. The Morgan fingerprint density at radius 3 is 2.88 bits per heavy atom. The van der Waals surface area contributed by atoms with Gasteiger partial charge < -0.3 is 5.32 Å². The number of fused-ring (bicyclic) bond motifs is 1. The first-order chi connectivity index (χ1) is 12.6. The van der Waals surface area contributed by atoms with E-state index in [1.807, 2.05) is 12.1 Å². The second-order valence-electron chi connectivity index (χ2n) is 7.66. The number of carbonyl (C=O) groups is 2. The van der Waals surface area contributed by atoms with E-state index < -0.39 is 5.91 Å². The lowest BCUT2D eigenvalue weighted by molar-refractivity contribution is -0.120. The number of rotatable bonds is 2. The van der Waals surface area contributed by atoms with Crippen LogP contribution in [0.3, 0.4) is 0 Å². The molecule has 1 spiro atoms. The van der Waals surface area contributed by atoms with Gasteiger partial charge in [-0.25, -0.2) is 0 Å². The number of Topliss-reactive ketones (excluding diaryl/α,β-unsaturated/α-hetero) is 1. The molecule has 26 heavy (non-hydrogen) atoms. The van der Waals surface area contributed by atoms with Crippen molar-refractivity contribution in [3.8, 4) is 0 Å². The van der Waals surface area contributed by atoms with Crippen LogP contribution in [0.5, 0.6) is 0 Å². The van der Waals surface area contributed by atoms with Crippen LogP contribution < -0.4 is 5.32 Å². The summed E-state index contributed by atoms with van der Waals surface area (Å²) >= 11 is 0. The van der Waals surface area contributed by atoms with E-state index in [1.54, 1.807) is 18.2 Å². The zero-order chi connectivity index (χ0) is 18.1. The quantitative estimate of drug-likeness (QED) is 0.634. The van der Waals surface area contributed by atoms with Gasteiger partial charge in [0.05, 0.1) is 0 Å². The van der Waals surface area contributed by atoms with Crippen molar-refractivity contribution < 1.29 is 14.8 Å². The second kappa shape index (κ2) is 6.82. The number of allylic oxidation sites excluding steroid dienone is 4. The molecule has 2 aliphatic carbocycles. The maximum Gasteiger partial charge on any atom is 0.282 e. The zero-order valence-corrected chi connectivity index (χ0v) is 14.8. The van der Waals surface area contributed by atoms with Gasteiger partial charge in [0.15, 0.2) is 5.78 Å². The molecule has 1 fully saturated rings. The predicted molar refractivity (Wildman–Crippen MR) is 97.8 cm³/mol. The molecule has 5 heteroatoms. The number of piperidine rings is 1. The van der Waals surface area contributed by atoms with Crippen LogP contribution in [0, 0.1) is 5.41 Å². The van der Waals surface area contributed by atoms with Gasteiger partial charge in [-0.05, 0) is 73.4 Å². The van der Waals surface area contributed by atoms with Crippen molar-refractivity contribution in [1.29, 1.82) is 0 Å². The number of nitrogens with zero attached hydrogens (tertiary/aromatic N) is 1. The molecule has 0 bridgehead atoms. The summed E-state index contributed by atoms with van der Waals surface area (Å²) in [6.45, 7) is 2.18. The Kier molecular flexibility index (Phi) is 4.51. The molecular formula is C21H24N2O3. The minimum atomic E-state index is -0.553. The van der Waals surface area contributed by atoms with Crippen LogP contribution in [-0.4, -0.2) is 35.1 Å². The first kappa shape index (κ1) is 17.2. The number of ketones is 1. The summed E-state index contributed by atoms with van der Waals surface area (Å²) in [5, 5.41) is 14.2. The van der Waals surface area contributed by atoms with Crippen LogP contribution in [0.2, 0.25) is 0 Å². The first-order valence-electron chi connectivity index (χ1n) is 9.34. The highest BCUT2D eigenvalue weighted by Crippen LogP contribution is 2.40. The highest BCUT2D eigenvalue weighted by atomic mass is 16.5. The van der Waals surface area contributed by atoms with Gasteiger partial charge in [0.2, 0.25) is 0 Å². The maximum atomic E-state index is 12.6. The smallest absolute Gasteiger partial charge is 0.282 e. The number of amides is 1. The van der Waals surface area contributed by atoms with Gasteiger partial charge in [-0.2, -0.15) is 5.06 Å². The molecule has 0 radical (unpaired) electrons. The molecule has 1 saturated heterocycles. The van der Waals surface area contributed by atoms with E-state index in [4.69, 9.17) is 0 Å². The van der Waals surface area contributed by atoms with Crippen molar-refractivity contribution in [2.24, 2.45) is 5.41 Å². The maximum absolute atomic E-state index is 12.6. The van der Waals surface area contributed by atoms with Crippen LogP contribution >= 0.6 is 0 Å². The van der Waals surface area contributed by atoms with Gasteiger partial charge in [-0.15, -0.1) is 0 Å². The Morgan fingerprint density at radius 1 is 1.23 bits per heavy atom. The SMILES string of the molecule is O=C1CC=CC=C1N(O)C(=O)c1ccc2c(c1)CC[C@@]1(CCCNC1)C2. The fourth-order valence-electron chi connectivity index (χ4n) is 4.40. The number of aryl methyl sites for hydroxylation is 1. The topological polar surface area (TPSA) is 69.6 Å². The minimum Gasteiger partial charge on any atom is -0.316 e. The Labute approximate surface area is 153 Å². The highest BCUT2D eigenvalue weighted by molar-refractivity contribution is 6.04. The normalized spacial score (nSPS) is 25.0. The Morgan fingerprint density at radius 2 is 2.12 bits per heavy atom. The van der Waals surface area contributed by atoms with E-state index in [0.717, 1.165) is 32.4 Å². The van der Waals surface area contributed by atoms with Crippen LogP contribution in [0.15, 0.2) is 42.1 Å². The molecule has 136 valence electrons. The monoisotopic (exact) mass is 352 g/mol. The average molecular weight is 352 g/mol. The van der Waals surface area contributed by atoms with Gasteiger partial charge in [-0.3, -0.25) is 14.8 Å². The van der Waals surface area contributed by atoms with E-state index in [1.165, 1.54) is 30.0 Å². The van der Waals surface area contributed by atoms with Crippen molar-refractivity contribution in [3.05, 3.63) is 58.8 Å². The summed E-state index contributed by atoms with van der Waals surface area (Å²) in [6, 6.07) is 5.67. The lowest BCUT2D eigenvalue weighted by Gasteiger charge is -2.41. The van der Waals surface area contributed by atoms with E-state index in [-0.39, 0.29) is 17.9 Å². The average Bonchev–Trinajstić information content (AvgIpc) is 2.67. The van der Waals surface area contributed by atoms with Gasteiger partial charge in [0.1, 0.15) is 5.70 Å². The highest BCUT2D eigenvalue weighted by Gasteiger charge is 2.36. The van der Waals surface area contributed by atoms with Gasteiger partial charge in [0, 0.05) is 18.5 Å². The number of carbonyl (C=O) groups excluding carboxylic acids is 2. The number of nitrogens with one attached hydrogen (secondary N) is 1. The molecule has 3 aliphatic rings. The van der Waals surface area contributed by atoms with E-state index in [0.29, 0.717) is 16.0 Å². The fourth-order valence-corrected chi connectivity index (χ4v) is 4.40. The number of hydrogen-bond donors (Lipinski definition) is 2. The summed E-state index contributed by atoms with van der Waals surface area (Å²) in [5.41, 5.74) is 3.29. The molecule has 1 aliphatic heterocycles. The van der Waals surface area contributed by atoms with Crippen LogP contribution in [0.4, 0.5) is 0 Å². The van der Waals surface area contributed by atoms with E-state index in [2.05, 4.69) is 5.32 Å². The Bertz CT molecular complexity index is 803. The van der Waals surface area contributed by atoms with Gasteiger partial charge in [0.25, 0.3) is 5.91 Å². The molecule has 2 N–H and O–H groups in total. The van der Waals surface area contributed by atoms with Crippen molar-refractivity contribution in [1.82, 2.24) is 10.4 Å². The van der Waals surface area contributed by atoms with Crippen LogP contribution in [0.1, 0.15) is 47.2 Å². The third-order valence-electron chi connectivity index (χ3n) is 5.90. The molecule has 1 aromatic rings. The summed E-state index contributed by atoms with van der Waals surface area (Å²) in [5.74, 6) is -0.810. The largest absolute Gasteiger partial charge is 0.316 e. The third kappa shape index (κ3) is 3.13. The molecule has 4 rings (SSSR count). The number of hydroxylamine groups is 2. The molecule has 0 aromatic heterocycles. The molecule has 5 nitrogen and oxygen atoms in total. The van der Waals surface area contributed by atoms with E-state index >= 15 is 0 Å². The van der Waals surface area contributed by atoms with Crippen LogP contribution in [-0.2, 0) is 17.6 Å². The first-order valence-corrected chi connectivity index (χ1v) is 9.34. The molecule has 0 saturated carbocycles. The molecule has 1 aromatic carbocycles. The Hall–Kier alpha value is -2.24. The molecular weight excluding hydrogens is 328 g/mol. The summed E-state index contributed by atoms with van der Waals surface area (Å²) in [4.78, 5) is 24.5. The molecule has 1 amide bonds. The van der Waals surface area contributed by atoms with Crippen molar-refractivity contribution in [2.45, 2.75) is 38.5 Å². The van der Waals surface area contributed by atoms with Crippen molar-refractivity contribution >= 4 is 11.7 Å². The standard InChI is InChI=1S/C21H24N2O3/c24-19-5-2-1-4-18(19)23(26)20(25)16-6-7-17-13-21(9-3-11-22-14-21)10-8-15(17)12-16/h1-2,4,6-7,12,22,26H,3,5,8-11,13-14H2/t21-/m0/s1. The lowest BCUT2D eigenvalue weighted by Crippen LogP contribution is -2.43. The lowest BCUT2D eigenvalue weighted by atomic mass is 9.67. The summed E-state index contributed by atoms with van der Waals surface area (Å²) < 4.78 is 0. The van der Waals surface area contributed by atoms with Crippen LogP contribution in [0.25, 0.3) is 0 Å². The van der Waals surface area contributed by atoms with Crippen molar-refractivity contribution in [3.63, 3.8) is 0 Å². The number of benzene rings is 1. The fraction of sp³-hybridized carbons (Fsp3) is 0.429. The second-order valence-corrected chi connectivity index (χ2v) is 7.66. The van der Waals surface area contributed by atoms with Gasteiger partial charge >= 0.3 is 0 Å². The van der Waals surface area contributed by atoms with Crippen molar-refractivity contribution in [2.75, 3.05) is 13.1 Å². The minimum absolute atomic E-state index is 0.0300. The predicted octanol–water partition coefficient (Wildman–Crippen LogP) is 2.79. The van der Waals surface area contributed by atoms with Gasteiger partial charge in [-0.1, -0.05) is 18.2 Å². The summed E-state index contributed by atoms with van der Waals surface area (Å²) in [6.07, 6.45) is 10.7. The summed E-state index contributed by atoms with van der Waals surface area (Å²) in [7, 11) is 0. The molecule has 1 heterocycles. The van der Waals surface area contributed by atoms with E-state index in [9.17, 15) is 14.8 Å². The number of hydrogen-bond acceptors (Lipinski definition) is 4. The third-order valence-corrected chi connectivity index (χ3v) is 5.90.